The maximum atomic E-state index is 8.54. The molecule has 0 aliphatic carbocycles. The van der Waals surface area contributed by atoms with Crippen LogP contribution < -0.4 is 5.73 Å². The van der Waals surface area contributed by atoms with Gasteiger partial charge in [0.1, 0.15) is 0 Å². The molecule has 0 saturated carbocycles. The Kier molecular flexibility index (Phi) is 2.62. The number of rotatable bonds is 2. The van der Waals surface area contributed by atoms with Crippen molar-refractivity contribution < 1.29 is 0 Å². The molecule has 0 atom stereocenters. The van der Waals surface area contributed by atoms with E-state index in [1.54, 1.807) is 0 Å². The van der Waals surface area contributed by atoms with Crippen LogP contribution in [0, 0.1) is 11.3 Å². The topological polar surface area (TPSA) is 49.8 Å². The minimum absolute atomic E-state index is 0.485. The van der Waals surface area contributed by atoms with E-state index in [2.05, 4.69) is 6.58 Å². The number of hydrogen-bond donors (Lipinski definition) is 1. The molecular formula is C10H10N2. The van der Waals surface area contributed by atoms with Crippen LogP contribution in [0.4, 0.5) is 0 Å². The second kappa shape index (κ2) is 3.70. The lowest BCUT2D eigenvalue weighted by molar-refractivity contribution is 1.07. The van der Waals surface area contributed by atoms with Crippen molar-refractivity contribution in [3.8, 4) is 6.07 Å². The molecule has 12 heavy (non-hydrogen) atoms. The summed E-state index contributed by atoms with van der Waals surface area (Å²) in [6, 6.07) is 9.50. The van der Waals surface area contributed by atoms with E-state index in [9.17, 15) is 0 Å². The lowest BCUT2D eigenvalue weighted by Gasteiger charge is -1.98. The van der Waals surface area contributed by atoms with Gasteiger partial charge in [-0.15, -0.1) is 0 Å². The van der Waals surface area contributed by atoms with Crippen molar-refractivity contribution in [2.24, 2.45) is 5.73 Å². The monoisotopic (exact) mass is 158 g/mol. The summed E-state index contributed by atoms with van der Waals surface area (Å²) < 4.78 is 0. The number of benzene rings is 1. The molecule has 1 aromatic rings. The van der Waals surface area contributed by atoms with Crippen LogP contribution in [0.3, 0.4) is 0 Å². The summed E-state index contributed by atoms with van der Waals surface area (Å²) in [5, 5.41) is 8.54. The molecule has 2 nitrogen and oxygen atoms in total. The van der Waals surface area contributed by atoms with Crippen LogP contribution in [0.1, 0.15) is 11.1 Å². The van der Waals surface area contributed by atoms with Gasteiger partial charge < -0.3 is 5.73 Å². The molecule has 0 spiro atoms. The molecule has 0 aliphatic heterocycles. The van der Waals surface area contributed by atoms with Crippen LogP contribution in [0.5, 0.6) is 0 Å². The molecule has 0 aliphatic rings. The van der Waals surface area contributed by atoms with Gasteiger partial charge in [0.15, 0.2) is 0 Å². The normalized spacial score (nSPS) is 9.00. The van der Waals surface area contributed by atoms with Crippen molar-refractivity contribution in [1.29, 1.82) is 5.26 Å². The molecule has 2 N–H and O–H groups in total. The van der Waals surface area contributed by atoms with Gasteiger partial charge in [0.05, 0.1) is 11.6 Å². The SMILES string of the molecule is C=C(C#N)c1ccc(CN)cc1. The van der Waals surface area contributed by atoms with Gasteiger partial charge in [-0.1, -0.05) is 30.8 Å². The average molecular weight is 158 g/mol. The third-order valence-electron chi connectivity index (χ3n) is 1.67. The second-order valence-corrected chi connectivity index (χ2v) is 2.49. The molecule has 0 fully saturated rings. The van der Waals surface area contributed by atoms with E-state index in [1.807, 2.05) is 30.3 Å². The van der Waals surface area contributed by atoms with E-state index in [-0.39, 0.29) is 0 Å². The Morgan fingerprint density at radius 2 is 2.00 bits per heavy atom. The molecule has 1 rings (SSSR count). The Morgan fingerprint density at radius 1 is 1.42 bits per heavy atom. The maximum Gasteiger partial charge on any atom is 0.0991 e. The second-order valence-electron chi connectivity index (χ2n) is 2.49. The van der Waals surface area contributed by atoms with E-state index in [0.29, 0.717) is 12.1 Å². The van der Waals surface area contributed by atoms with Gasteiger partial charge in [0, 0.05) is 6.54 Å². The summed E-state index contributed by atoms with van der Waals surface area (Å²) >= 11 is 0. The zero-order valence-corrected chi connectivity index (χ0v) is 6.75. The van der Waals surface area contributed by atoms with Crippen LogP contribution in [-0.2, 0) is 6.54 Å². The highest BCUT2D eigenvalue weighted by atomic mass is 14.5. The molecule has 0 amide bonds. The van der Waals surface area contributed by atoms with Crippen molar-refractivity contribution in [3.63, 3.8) is 0 Å². The van der Waals surface area contributed by atoms with E-state index in [4.69, 9.17) is 11.0 Å². The van der Waals surface area contributed by atoms with E-state index < -0.39 is 0 Å². The standard InChI is InChI=1S/C10H10N2/c1-8(6-11)10-4-2-9(7-12)3-5-10/h2-5H,1,7,12H2. The first kappa shape index (κ1) is 8.51. The van der Waals surface area contributed by atoms with Crippen LogP contribution in [0.15, 0.2) is 30.8 Å². The van der Waals surface area contributed by atoms with Crippen LogP contribution in [0.25, 0.3) is 5.57 Å². The lowest BCUT2D eigenvalue weighted by Crippen LogP contribution is -1.95. The van der Waals surface area contributed by atoms with Crippen molar-refractivity contribution >= 4 is 5.57 Å². The van der Waals surface area contributed by atoms with E-state index >= 15 is 0 Å². The van der Waals surface area contributed by atoms with Crippen molar-refractivity contribution in [1.82, 2.24) is 0 Å². The van der Waals surface area contributed by atoms with Gasteiger partial charge in [0.25, 0.3) is 0 Å². The minimum Gasteiger partial charge on any atom is -0.326 e. The molecule has 0 saturated heterocycles. The number of nitrogens with zero attached hydrogens (tertiary/aromatic N) is 1. The molecule has 0 unspecified atom stereocenters. The fourth-order valence-corrected chi connectivity index (χ4v) is 0.907. The number of allylic oxidation sites excluding steroid dienone is 1. The highest BCUT2D eigenvalue weighted by molar-refractivity contribution is 5.74. The fraction of sp³-hybridized carbons (Fsp3) is 0.100. The molecule has 0 heterocycles. The van der Waals surface area contributed by atoms with Gasteiger partial charge in [0.2, 0.25) is 0 Å². The largest absolute Gasteiger partial charge is 0.326 e. The number of nitriles is 1. The number of hydrogen-bond acceptors (Lipinski definition) is 2. The molecular weight excluding hydrogens is 148 g/mol. The van der Waals surface area contributed by atoms with Crippen molar-refractivity contribution in [3.05, 3.63) is 42.0 Å². The van der Waals surface area contributed by atoms with Gasteiger partial charge in [-0.25, -0.2) is 0 Å². The van der Waals surface area contributed by atoms with Crippen LogP contribution in [0.2, 0.25) is 0 Å². The third kappa shape index (κ3) is 1.71. The van der Waals surface area contributed by atoms with Gasteiger partial charge in [-0.3, -0.25) is 0 Å². The Morgan fingerprint density at radius 3 is 2.42 bits per heavy atom. The Hall–Kier alpha value is -1.59. The van der Waals surface area contributed by atoms with Crippen LogP contribution in [-0.4, -0.2) is 0 Å². The average Bonchev–Trinajstić information content (AvgIpc) is 2.17. The van der Waals surface area contributed by atoms with E-state index in [0.717, 1.165) is 11.1 Å². The highest BCUT2D eigenvalue weighted by Crippen LogP contribution is 2.11. The molecule has 0 aromatic heterocycles. The summed E-state index contributed by atoms with van der Waals surface area (Å²) in [6.07, 6.45) is 0. The van der Waals surface area contributed by atoms with Gasteiger partial charge >= 0.3 is 0 Å². The summed E-state index contributed by atoms with van der Waals surface area (Å²) in [5.41, 5.74) is 7.82. The Bertz CT molecular complexity index is 317. The minimum atomic E-state index is 0.485. The summed E-state index contributed by atoms with van der Waals surface area (Å²) in [6.45, 7) is 4.13. The predicted molar refractivity (Wildman–Crippen MR) is 49.0 cm³/mol. The van der Waals surface area contributed by atoms with Crippen molar-refractivity contribution in [2.75, 3.05) is 0 Å². The highest BCUT2D eigenvalue weighted by Gasteiger charge is 1.95. The zero-order chi connectivity index (χ0) is 8.97. The Balaban J connectivity index is 2.94. The van der Waals surface area contributed by atoms with Gasteiger partial charge in [-0.2, -0.15) is 5.26 Å². The van der Waals surface area contributed by atoms with E-state index in [1.165, 1.54) is 0 Å². The predicted octanol–water partition coefficient (Wildman–Crippen LogP) is 1.68. The zero-order valence-electron chi connectivity index (χ0n) is 6.75. The summed E-state index contributed by atoms with van der Waals surface area (Å²) in [7, 11) is 0. The quantitative estimate of drug-likeness (QED) is 0.666. The first-order valence-corrected chi connectivity index (χ1v) is 3.66. The molecule has 0 bridgehead atoms. The van der Waals surface area contributed by atoms with Gasteiger partial charge in [-0.05, 0) is 11.1 Å². The lowest BCUT2D eigenvalue weighted by atomic mass is 10.1. The molecule has 60 valence electrons. The molecule has 0 radical (unpaired) electrons. The first-order chi connectivity index (χ1) is 5.77. The maximum absolute atomic E-state index is 8.54. The first-order valence-electron chi connectivity index (χ1n) is 3.66. The fourth-order valence-electron chi connectivity index (χ4n) is 0.907. The summed E-state index contributed by atoms with van der Waals surface area (Å²) in [5.74, 6) is 0. The number of nitrogens with two attached hydrogens (primary N) is 1. The van der Waals surface area contributed by atoms with Crippen LogP contribution >= 0.6 is 0 Å². The third-order valence-corrected chi connectivity index (χ3v) is 1.67. The molecule has 2 heteroatoms. The summed E-state index contributed by atoms with van der Waals surface area (Å²) in [4.78, 5) is 0. The smallest absolute Gasteiger partial charge is 0.0991 e. The Labute approximate surface area is 71.9 Å². The van der Waals surface area contributed by atoms with Crippen molar-refractivity contribution in [2.45, 2.75) is 6.54 Å². The molecule has 1 aromatic carbocycles.